The molecule has 0 amide bonds. The quantitative estimate of drug-likeness (QED) is 0.910. The van der Waals surface area contributed by atoms with Gasteiger partial charge in [-0.2, -0.15) is 0 Å². The minimum Gasteiger partial charge on any atom is -0.437 e. The van der Waals surface area contributed by atoms with Gasteiger partial charge in [0, 0.05) is 0 Å². The van der Waals surface area contributed by atoms with Crippen LogP contribution in [0.4, 0.5) is 0 Å². The topological polar surface area (TPSA) is 52.0 Å². The van der Waals surface area contributed by atoms with Gasteiger partial charge in [0.15, 0.2) is 5.58 Å². The lowest BCUT2D eigenvalue weighted by Crippen LogP contribution is -2.32. The summed E-state index contributed by atoms with van der Waals surface area (Å²) in [6.45, 7) is 3.94. The number of hydrogen-bond donors (Lipinski definition) is 1. The number of halogens is 1. The molecule has 1 aromatic heterocycles. The first kappa shape index (κ1) is 10.6. The van der Waals surface area contributed by atoms with E-state index in [1.807, 2.05) is 32.0 Å². The van der Waals surface area contributed by atoms with Crippen LogP contribution in [0.25, 0.3) is 11.1 Å². The Kier molecular flexibility index (Phi) is 2.56. The maximum Gasteiger partial charge on any atom is 0.215 e. The van der Waals surface area contributed by atoms with Crippen LogP contribution in [0.5, 0.6) is 0 Å². The van der Waals surface area contributed by atoms with Crippen molar-refractivity contribution in [1.29, 1.82) is 0 Å². The highest BCUT2D eigenvalue weighted by Gasteiger charge is 2.25. The van der Waals surface area contributed by atoms with E-state index < -0.39 is 5.54 Å². The zero-order chi connectivity index (χ0) is 11.1. The van der Waals surface area contributed by atoms with Crippen molar-refractivity contribution in [3.63, 3.8) is 0 Å². The van der Waals surface area contributed by atoms with Gasteiger partial charge in [0.05, 0.1) is 10.0 Å². The Morgan fingerprint density at radius 3 is 2.87 bits per heavy atom. The molecule has 1 heterocycles. The first-order valence-corrected chi connectivity index (χ1v) is 5.68. The van der Waals surface area contributed by atoms with Gasteiger partial charge in [-0.3, -0.25) is 0 Å². The van der Waals surface area contributed by atoms with Crippen molar-refractivity contribution in [3.05, 3.63) is 28.6 Å². The van der Waals surface area contributed by atoms with E-state index in [0.29, 0.717) is 5.89 Å². The van der Waals surface area contributed by atoms with Crippen LogP contribution in [-0.2, 0) is 5.54 Å². The zero-order valence-corrected chi connectivity index (χ0v) is 10.3. The molecule has 0 fully saturated rings. The lowest BCUT2D eigenvalue weighted by molar-refractivity contribution is 0.356. The number of aromatic nitrogens is 1. The normalized spacial score (nSPS) is 15.5. The first-order valence-electron chi connectivity index (χ1n) is 4.89. The predicted molar refractivity (Wildman–Crippen MR) is 63.5 cm³/mol. The number of nitrogens with zero attached hydrogens (tertiary/aromatic N) is 1. The number of nitrogens with two attached hydrogens (primary N) is 1. The predicted octanol–water partition coefficient (Wildman–Crippen LogP) is 3.17. The summed E-state index contributed by atoms with van der Waals surface area (Å²) in [5.41, 5.74) is 7.18. The molecule has 1 atom stereocenters. The standard InChI is InChI=1S/C11H13BrN2O/c1-3-11(2,13)10-14-8-6-4-5-7(12)9(8)15-10/h4-6H,3,13H2,1-2H3. The van der Waals surface area contributed by atoms with Crippen molar-refractivity contribution in [3.8, 4) is 0 Å². The Labute approximate surface area is 96.8 Å². The molecule has 15 heavy (non-hydrogen) atoms. The molecule has 2 aromatic rings. The minimum atomic E-state index is -0.502. The molecule has 0 bridgehead atoms. The fourth-order valence-electron chi connectivity index (χ4n) is 1.31. The lowest BCUT2D eigenvalue weighted by atomic mass is 10.0. The molecule has 0 spiro atoms. The summed E-state index contributed by atoms with van der Waals surface area (Å²) in [4.78, 5) is 4.39. The Balaban J connectivity index is 2.62. The Hall–Kier alpha value is -0.870. The maximum atomic E-state index is 6.08. The van der Waals surface area contributed by atoms with Crippen molar-refractivity contribution >= 4 is 27.0 Å². The van der Waals surface area contributed by atoms with E-state index in [-0.39, 0.29) is 0 Å². The molecule has 0 saturated heterocycles. The fraction of sp³-hybridized carbons (Fsp3) is 0.364. The van der Waals surface area contributed by atoms with Gasteiger partial charge in [-0.25, -0.2) is 4.98 Å². The molecule has 0 aliphatic carbocycles. The molecule has 0 radical (unpaired) electrons. The largest absolute Gasteiger partial charge is 0.437 e. The molecular weight excluding hydrogens is 256 g/mol. The lowest BCUT2D eigenvalue weighted by Gasteiger charge is -2.17. The molecule has 2 N–H and O–H groups in total. The van der Waals surface area contributed by atoms with Gasteiger partial charge in [0.1, 0.15) is 5.52 Å². The molecule has 4 heteroatoms. The summed E-state index contributed by atoms with van der Waals surface area (Å²) in [5, 5.41) is 0. The van der Waals surface area contributed by atoms with Crippen molar-refractivity contribution in [2.75, 3.05) is 0 Å². The van der Waals surface area contributed by atoms with Gasteiger partial charge in [-0.15, -0.1) is 0 Å². The third kappa shape index (κ3) is 1.79. The van der Waals surface area contributed by atoms with Crippen LogP contribution < -0.4 is 5.73 Å². The van der Waals surface area contributed by atoms with Crippen LogP contribution in [-0.4, -0.2) is 4.98 Å². The van der Waals surface area contributed by atoms with E-state index in [1.165, 1.54) is 0 Å². The van der Waals surface area contributed by atoms with E-state index in [1.54, 1.807) is 0 Å². The van der Waals surface area contributed by atoms with Gasteiger partial charge in [-0.05, 0) is 41.4 Å². The molecular formula is C11H13BrN2O. The van der Waals surface area contributed by atoms with Gasteiger partial charge < -0.3 is 10.2 Å². The Bertz CT molecular complexity index is 490. The smallest absolute Gasteiger partial charge is 0.215 e. The average molecular weight is 269 g/mol. The highest BCUT2D eigenvalue weighted by atomic mass is 79.9. The summed E-state index contributed by atoms with van der Waals surface area (Å²) in [6.07, 6.45) is 0.789. The summed E-state index contributed by atoms with van der Waals surface area (Å²) < 4.78 is 6.58. The van der Waals surface area contributed by atoms with Crippen molar-refractivity contribution in [2.45, 2.75) is 25.8 Å². The number of fused-ring (bicyclic) bond motifs is 1. The van der Waals surface area contributed by atoms with Crippen LogP contribution >= 0.6 is 15.9 Å². The summed E-state index contributed by atoms with van der Waals surface area (Å²) in [7, 11) is 0. The Morgan fingerprint density at radius 1 is 1.53 bits per heavy atom. The highest BCUT2D eigenvalue weighted by Crippen LogP contribution is 2.29. The third-order valence-electron chi connectivity index (χ3n) is 2.59. The van der Waals surface area contributed by atoms with Gasteiger partial charge in [0.25, 0.3) is 0 Å². The van der Waals surface area contributed by atoms with Gasteiger partial charge in [0.2, 0.25) is 5.89 Å². The number of hydrogen-bond acceptors (Lipinski definition) is 3. The number of para-hydroxylation sites is 1. The van der Waals surface area contributed by atoms with E-state index >= 15 is 0 Å². The third-order valence-corrected chi connectivity index (χ3v) is 3.21. The van der Waals surface area contributed by atoms with Crippen molar-refractivity contribution in [1.82, 2.24) is 4.98 Å². The monoisotopic (exact) mass is 268 g/mol. The molecule has 1 unspecified atom stereocenters. The maximum absolute atomic E-state index is 6.08. The molecule has 80 valence electrons. The highest BCUT2D eigenvalue weighted by molar-refractivity contribution is 9.10. The Morgan fingerprint density at radius 2 is 2.27 bits per heavy atom. The summed E-state index contributed by atoms with van der Waals surface area (Å²) in [5.74, 6) is 0.590. The number of benzene rings is 1. The van der Waals surface area contributed by atoms with Crippen LogP contribution in [0.15, 0.2) is 27.1 Å². The van der Waals surface area contributed by atoms with Crippen molar-refractivity contribution < 1.29 is 4.42 Å². The number of rotatable bonds is 2. The SMILES string of the molecule is CCC(C)(N)c1nc2cccc(Br)c2o1. The van der Waals surface area contributed by atoms with Crippen LogP contribution in [0.1, 0.15) is 26.2 Å². The van der Waals surface area contributed by atoms with E-state index in [2.05, 4.69) is 20.9 Å². The number of oxazole rings is 1. The average Bonchev–Trinajstić information content (AvgIpc) is 2.64. The first-order chi connectivity index (χ1) is 7.04. The van der Waals surface area contributed by atoms with E-state index in [4.69, 9.17) is 10.2 Å². The van der Waals surface area contributed by atoms with E-state index in [9.17, 15) is 0 Å². The minimum absolute atomic E-state index is 0.502. The molecule has 3 nitrogen and oxygen atoms in total. The molecule has 0 aliphatic heterocycles. The van der Waals surface area contributed by atoms with Crippen LogP contribution in [0.3, 0.4) is 0 Å². The zero-order valence-electron chi connectivity index (χ0n) is 8.75. The van der Waals surface area contributed by atoms with Crippen LogP contribution in [0.2, 0.25) is 0 Å². The summed E-state index contributed by atoms with van der Waals surface area (Å²) in [6, 6.07) is 5.77. The second kappa shape index (κ2) is 3.61. The fourth-order valence-corrected chi connectivity index (χ4v) is 1.75. The van der Waals surface area contributed by atoms with Crippen molar-refractivity contribution in [2.24, 2.45) is 5.73 Å². The molecule has 1 aromatic carbocycles. The second-order valence-electron chi connectivity index (χ2n) is 3.88. The van der Waals surface area contributed by atoms with Crippen LogP contribution in [0, 0.1) is 0 Å². The van der Waals surface area contributed by atoms with Gasteiger partial charge >= 0.3 is 0 Å². The van der Waals surface area contributed by atoms with E-state index in [0.717, 1.165) is 22.0 Å². The molecule has 2 rings (SSSR count). The second-order valence-corrected chi connectivity index (χ2v) is 4.73. The molecule has 0 saturated carbocycles. The summed E-state index contributed by atoms with van der Waals surface area (Å²) >= 11 is 3.42. The molecule has 0 aliphatic rings. The van der Waals surface area contributed by atoms with Gasteiger partial charge in [-0.1, -0.05) is 13.0 Å².